The maximum atomic E-state index is 13.7. The standard InChI is InChI=1S/4C20H21N3O5S2/c4*1-10-8-11(2)17(15(9-10)14(5)24)21-19(25)18-16(6-7-29-18)30(26,27)23-20-12(3)13(4)22-28-20/h4*6-9,23H,1-5H3,(H,21,25)/i1D3,2D3,3D3,4D3,5D3,8D;4D3,5D3,8D,9D;3D3,5D3,8D,9D;5D3,8D,9D/hD8. The summed E-state index contributed by atoms with van der Waals surface area (Å²) in [4.78, 5) is 99.0. The fourth-order valence-corrected chi connectivity index (χ4v) is 18.7. The molecule has 12 aromatic rings. The van der Waals surface area contributed by atoms with Crippen molar-refractivity contribution in [3.63, 3.8) is 0 Å². The van der Waals surface area contributed by atoms with Gasteiger partial charge in [0.2, 0.25) is 23.5 Å². The van der Waals surface area contributed by atoms with Crippen LogP contribution in [-0.2, 0) is 40.1 Å². The third-order valence-corrected chi connectivity index (χ3v) is 24.8. The molecule has 120 heavy (non-hydrogen) atoms. The molecule has 8 N–H and O–H groups in total. The van der Waals surface area contributed by atoms with Gasteiger partial charge in [0.1, 0.15) is 39.1 Å². The summed E-state index contributed by atoms with van der Waals surface area (Å²) in [6.07, 6.45) is 0. The van der Waals surface area contributed by atoms with Crippen LogP contribution in [0.3, 0.4) is 0 Å². The smallest absolute Gasteiger partial charge is 0.267 e. The molecule has 0 saturated carbocycles. The zero-order chi connectivity index (χ0) is 127. The molecule has 12 rings (SSSR count). The van der Waals surface area contributed by atoms with Crippen LogP contribution in [0.4, 0.5) is 46.3 Å². The Kier molecular flexibility index (Phi) is 14.8. The molecule has 0 radical (unpaired) electrons. The first-order chi connectivity index (χ1) is 74.6. The molecule has 40 heteroatoms. The van der Waals surface area contributed by atoms with Crippen molar-refractivity contribution in [3.05, 3.63) is 225 Å². The second-order valence-corrected chi connectivity index (χ2v) is 34.0. The molecule has 4 amide bonds. The molecule has 0 bridgehead atoms. The number of hydrogen-bond acceptors (Lipinski definition) is 28. The summed E-state index contributed by atoms with van der Waals surface area (Å²) in [7, 11) is -20.1. The second kappa shape index (κ2) is 37.2. The molecule has 8 aromatic heterocycles. The number of nitrogens with zero attached hydrogens (tertiary/aromatic N) is 4. The molecule has 0 fully saturated rings. The molecule has 0 aliphatic carbocycles. The maximum Gasteiger partial charge on any atom is 0.267 e. The summed E-state index contributed by atoms with van der Waals surface area (Å²) in [6, 6.07) is -0.366. The van der Waals surface area contributed by atoms with Gasteiger partial charge in [-0.05, 0) is 252 Å². The number of Topliss-reactive ketones (excluding diaryl/α,β-unsaturated/α-hetero) is 4. The lowest BCUT2D eigenvalue weighted by Crippen LogP contribution is -2.20. The van der Waals surface area contributed by atoms with Gasteiger partial charge < -0.3 is 39.3 Å². The highest BCUT2D eigenvalue weighted by Crippen LogP contribution is 2.36. The second-order valence-electron chi connectivity index (χ2n) is 24.0. The fourth-order valence-electron chi connectivity index (χ4n) is 9.73. The SMILES string of the molecule is [2H]c1c(C([2H])([2H])[2H])cc(C(=O)C([2H])([2H])[2H])c(N([2H])C(=O)c2sccc2S(=O)(=O)N([2H])c2onc(C([2H])([2H])[2H])c2C([2H])([2H])[2H])c1C([2H])([2H])[2H].[2H]c1c(C)c([2H])c(C(=O)C([2H])([2H])[2H])c(N([2H])C(=O)c2sccc2S(=O)(=O)N([2H])c2onc(C([2H])([2H])[2H])c2C)c1C.[2H]c1c(C)c([2H])c(C(=O)C([2H])([2H])[2H])c(N([2H])C(=O)c2sccc2S(=O)(=O)N([2H])c2onc(C)c2C([2H])([2H])[2H])c1C.[2H]c1c(C)c([2H])c(C(=O)C([2H])([2H])[2H])c(N([2H])C(=O)c2sccc2S(=O)(=O)N([2H])c2onc(C)c2C)c1C. The third kappa shape index (κ3) is 21.0. The van der Waals surface area contributed by atoms with Crippen LogP contribution in [0.5, 0.6) is 0 Å². The molecule has 0 aliphatic rings. The van der Waals surface area contributed by atoms with Crippen molar-refractivity contribution in [3.8, 4) is 0 Å². The Hall–Kier alpha value is -11.9. The fraction of sp³-hybridized carbons (Fsp3) is 0.250. The van der Waals surface area contributed by atoms with Gasteiger partial charge in [-0.15, -0.1) is 45.3 Å². The van der Waals surface area contributed by atoms with Gasteiger partial charge in [0.15, 0.2) is 34.4 Å². The summed E-state index contributed by atoms with van der Waals surface area (Å²) in [5.41, 5.74) is -13.8. The molecule has 0 aliphatic heterocycles. The lowest BCUT2D eigenvalue weighted by Gasteiger charge is -2.14. The van der Waals surface area contributed by atoms with E-state index < -0.39 is 331 Å². The number of carbonyl (C=O) groups excluding carboxylic acids is 8. The Morgan fingerprint density at radius 2 is 0.600 bits per heavy atom. The van der Waals surface area contributed by atoms with Gasteiger partial charge in [-0.25, -0.2) is 52.5 Å². The molecule has 0 spiro atoms. The van der Waals surface area contributed by atoms with E-state index in [1.165, 1.54) is 67.7 Å². The number of amides is 4. The van der Waals surface area contributed by atoms with E-state index in [0.29, 0.717) is 51.8 Å². The van der Waals surface area contributed by atoms with Crippen LogP contribution in [0.25, 0.3) is 0 Å². The summed E-state index contributed by atoms with van der Waals surface area (Å²) < 4.78 is 476. The van der Waals surface area contributed by atoms with Gasteiger partial charge in [-0.2, -0.15) is 0 Å². The predicted octanol–water partition coefficient (Wildman–Crippen LogP) is 16.9. The van der Waals surface area contributed by atoms with Crippen molar-refractivity contribution in [2.75, 3.05) is 40.1 Å². The van der Waals surface area contributed by atoms with Crippen molar-refractivity contribution in [2.45, 2.75) is 157 Å². The summed E-state index contributed by atoms with van der Waals surface area (Å²) in [6.45, 7) is -19.4. The first-order valence-corrected chi connectivity index (χ1v) is 41.7. The van der Waals surface area contributed by atoms with Gasteiger partial charge >= 0.3 is 0 Å². The minimum atomic E-state index is -5.44. The van der Waals surface area contributed by atoms with Crippen molar-refractivity contribution in [1.29, 1.82) is 0 Å². The van der Waals surface area contributed by atoms with Gasteiger partial charge in [-0.3, -0.25) is 38.4 Å². The van der Waals surface area contributed by atoms with E-state index in [1.807, 2.05) is 0 Å². The number of nitrogens with one attached hydrogen (secondary N) is 8. The van der Waals surface area contributed by atoms with E-state index in [2.05, 4.69) is 25.1 Å². The van der Waals surface area contributed by atoms with Crippen molar-refractivity contribution in [1.82, 2.24) is 20.6 Å². The first kappa shape index (κ1) is 47.8. The van der Waals surface area contributed by atoms with E-state index in [4.69, 9.17) is 75.6 Å². The lowest BCUT2D eigenvalue weighted by molar-refractivity contribution is 0.100. The first-order valence-electron chi connectivity index (χ1n) is 54.5. The van der Waals surface area contributed by atoms with Crippen LogP contribution < -0.4 is 40.1 Å². The highest BCUT2D eigenvalue weighted by atomic mass is 32.2. The minimum Gasteiger partial charge on any atom is -0.337 e. The van der Waals surface area contributed by atoms with Crippen LogP contribution >= 0.6 is 45.3 Å². The monoisotopic (exact) mass is 1830 g/mol. The van der Waals surface area contributed by atoms with Gasteiger partial charge in [-0.1, -0.05) is 44.8 Å². The van der Waals surface area contributed by atoms with Crippen LogP contribution in [0.15, 0.2) is 132 Å². The van der Waals surface area contributed by atoms with Crippen molar-refractivity contribution in [2.24, 2.45) is 0 Å². The van der Waals surface area contributed by atoms with E-state index in [9.17, 15) is 72.0 Å². The average Bonchev–Trinajstić information content (AvgIpc) is 1.68. The largest absolute Gasteiger partial charge is 0.337 e. The zero-order valence-corrected chi connectivity index (χ0v) is 69.0. The van der Waals surface area contributed by atoms with Crippen LogP contribution in [-0.4, -0.2) is 101 Å². The maximum absolute atomic E-state index is 13.7. The third-order valence-electron chi connectivity index (χ3n) is 15.4. The van der Waals surface area contributed by atoms with E-state index in [1.54, 1.807) is 6.92 Å². The molecular formula is C80H84N12O20S8. The topological polar surface area (TPSA) is 473 Å². The summed E-state index contributed by atoms with van der Waals surface area (Å²) in [5, 5.41) is 17.7. The number of sulfonamides is 4. The average molecular weight is 1840 g/mol. The zero-order valence-electron chi connectivity index (χ0n) is 107. The number of anilines is 8. The normalized spacial score (nSPS) is 17.9. The van der Waals surface area contributed by atoms with E-state index in [-0.39, 0.29) is 110 Å². The van der Waals surface area contributed by atoms with Crippen molar-refractivity contribution < 1.29 is 152 Å². The molecule has 0 atom stereocenters. The van der Waals surface area contributed by atoms with Crippen LogP contribution in [0.2, 0.25) is 11.3 Å². The number of aromatic nitrogens is 4. The number of carbonyl (C=O) groups is 8. The van der Waals surface area contributed by atoms with Gasteiger partial charge in [0.05, 0.1) is 55.1 Å². The molecule has 8 heterocycles. The molecule has 0 unspecified atom stereocenters. The number of thiophene rings is 4. The quantitative estimate of drug-likeness (QED) is 0.0260. The summed E-state index contributed by atoms with van der Waals surface area (Å²) in [5.74, 6) is -15.9. The molecular weight excluding hydrogens is 1710 g/mol. The highest BCUT2D eigenvalue weighted by molar-refractivity contribution is 7.94. The highest BCUT2D eigenvalue weighted by Gasteiger charge is 2.33. The van der Waals surface area contributed by atoms with Crippen LogP contribution in [0, 0.1) is 110 Å². The minimum absolute atomic E-state index is 0.0232. The number of benzene rings is 4. The predicted molar refractivity (Wildman–Crippen MR) is 460 cm³/mol. The van der Waals surface area contributed by atoms with E-state index >= 15 is 0 Å². The van der Waals surface area contributed by atoms with Gasteiger partial charge in [0.25, 0.3) is 63.7 Å². The Labute approximate surface area is 771 Å². The Morgan fingerprint density at radius 1 is 0.333 bits per heavy atom. The van der Waals surface area contributed by atoms with Crippen molar-refractivity contribution >= 4 is 178 Å². The van der Waals surface area contributed by atoms with Crippen LogP contribution in [0.1, 0.15) is 248 Å². The van der Waals surface area contributed by atoms with E-state index in [0.717, 1.165) is 34.3 Å². The number of aryl methyl sites for hydroxylation is 5. The molecule has 4 aromatic carbocycles. The van der Waals surface area contributed by atoms with Gasteiger partial charge in [0, 0.05) is 85.6 Å². The number of hydrogen-bond donors (Lipinski definition) is 8. The molecule has 32 nitrogen and oxygen atoms in total. The Morgan fingerprint density at radius 3 is 0.883 bits per heavy atom. The Bertz CT molecular complexity index is 8610. The Balaban J connectivity index is 0.000000243. The molecule has 632 valence electrons. The number of ketones is 4. The number of rotatable bonds is 24. The molecule has 0 saturated heterocycles. The summed E-state index contributed by atoms with van der Waals surface area (Å²) >= 11 is 1.96. The lowest BCUT2D eigenvalue weighted by atomic mass is 10.0.